The minimum Gasteiger partial charge on any atom is -0.324 e. The van der Waals surface area contributed by atoms with Gasteiger partial charge in [0, 0.05) is 18.6 Å². The summed E-state index contributed by atoms with van der Waals surface area (Å²) in [4.78, 5) is 17.2. The summed E-state index contributed by atoms with van der Waals surface area (Å²) in [7, 11) is 0. The average molecular weight is 235 g/mol. The second-order valence-electron chi connectivity index (χ2n) is 6.15. The van der Waals surface area contributed by atoms with E-state index >= 15 is 0 Å². The smallest absolute Gasteiger partial charge is 0.244 e. The van der Waals surface area contributed by atoms with Crippen molar-refractivity contribution in [1.29, 1.82) is 0 Å². The highest BCUT2D eigenvalue weighted by atomic mass is 16.2. The van der Waals surface area contributed by atoms with Crippen LogP contribution in [0, 0.1) is 0 Å². The number of hydrogen-bond acceptors (Lipinski definition) is 3. The van der Waals surface area contributed by atoms with Crippen molar-refractivity contribution in [3.63, 3.8) is 0 Å². The lowest BCUT2D eigenvalue weighted by Gasteiger charge is -2.35. The summed E-state index contributed by atoms with van der Waals surface area (Å²) in [6, 6.07) is 1.15. The van der Waals surface area contributed by atoms with Crippen molar-refractivity contribution in [2.45, 2.75) is 56.1 Å². The summed E-state index contributed by atoms with van der Waals surface area (Å²) in [6.45, 7) is 3.25. The van der Waals surface area contributed by atoms with Crippen molar-refractivity contribution < 1.29 is 4.79 Å². The highest BCUT2D eigenvalue weighted by molar-refractivity contribution is 5.91. The quantitative estimate of drug-likeness (QED) is 0.720. The first-order valence-electron chi connectivity index (χ1n) is 7.10. The van der Waals surface area contributed by atoms with Gasteiger partial charge in [0.25, 0.3) is 0 Å². The lowest BCUT2D eigenvalue weighted by molar-refractivity contribution is -0.132. The molecule has 4 heteroatoms. The van der Waals surface area contributed by atoms with E-state index in [2.05, 4.69) is 15.1 Å². The van der Waals surface area contributed by atoms with E-state index in [1.165, 1.54) is 38.8 Å². The predicted molar refractivity (Wildman–Crippen MR) is 64.4 cm³/mol. The van der Waals surface area contributed by atoms with Gasteiger partial charge in [-0.25, -0.2) is 0 Å². The van der Waals surface area contributed by atoms with Crippen LogP contribution in [0.1, 0.15) is 38.5 Å². The molecule has 4 fully saturated rings. The first kappa shape index (κ1) is 10.3. The van der Waals surface area contributed by atoms with Gasteiger partial charge in [-0.1, -0.05) is 6.42 Å². The van der Waals surface area contributed by atoms with Crippen molar-refractivity contribution in [3.8, 4) is 0 Å². The molecule has 0 radical (unpaired) electrons. The van der Waals surface area contributed by atoms with Crippen LogP contribution in [0.4, 0.5) is 0 Å². The van der Waals surface area contributed by atoms with Gasteiger partial charge in [0.05, 0.1) is 12.2 Å². The highest BCUT2D eigenvalue weighted by Crippen LogP contribution is 2.42. The average Bonchev–Trinajstić information content (AvgIpc) is 2.93. The highest BCUT2D eigenvalue weighted by Gasteiger charge is 2.58. The number of nitrogens with zero attached hydrogens (tertiary/aromatic N) is 2. The van der Waals surface area contributed by atoms with Crippen molar-refractivity contribution >= 4 is 5.91 Å². The zero-order valence-electron chi connectivity index (χ0n) is 10.3. The van der Waals surface area contributed by atoms with E-state index in [1.54, 1.807) is 0 Å². The molecule has 0 aromatic rings. The van der Waals surface area contributed by atoms with Crippen molar-refractivity contribution in [2.24, 2.45) is 0 Å². The molecular weight excluding hydrogens is 214 g/mol. The topological polar surface area (TPSA) is 35.6 Å². The van der Waals surface area contributed by atoms with Gasteiger partial charge < -0.3 is 4.90 Å². The minimum atomic E-state index is -0.109. The van der Waals surface area contributed by atoms with Gasteiger partial charge in [-0.05, 0) is 38.6 Å². The van der Waals surface area contributed by atoms with Gasteiger partial charge >= 0.3 is 0 Å². The molecule has 94 valence electrons. The van der Waals surface area contributed by atoms with Crippen LogP contribution in [0.3, 0.4) is 0 Å². The molecule has 3 aliphatic heterocycles. The van der Waals surface area contributed by atoms with Crippen LogP contribution in [0.5, 0.6) is 0 Å². The molecule has 3 saturated heterocycles. The monoisotopic (exact) mass is 235 g/mol. The number of nitrogens with one attached hydrogen (secondary N) is 1. The Balaban J connectivity index is 1.53. The number of fused-ring (bicyclic) bond motifs is 1. The van der Waals surface area contributed by atoms with Crippen molar-refractivity contribution in [3.05, 3.63) is 0 Å². The summed E-state index contributed by atoms with van der Waals surface area (Å²) in [5.41, 5.74) is -0.109. The summed E-state index contributed by atoms with van der Waals surface area (Å²) in [5, 5.41) is 3.44. The Kier molecular flexibility index (Phi) is 2.10. The lowest BCUT2D eigenvalue weighted by atomic mass is 9.98. The lowest BCUT2D eigenvalue weighted by Crippen LogP contribution is -2.48. The third-order valence-corrected chi connectivity index (χ3v) is 5.23. The zero-order chi connectivity index (χ0) is 11.5. The fourth-order valence-electron chi connectivity index (χ4n) is 4.03. The number of piperidine rings is 1. The third-order valence-electron chi connectivity index (χ3n) is 5.23. The van der Waals surface area contributed by atoms with Crippen molar-refractivity contribution in [1.82, 2.24) is 15.1 Å². The Morgan fingerprint density at radius 2 is 2.00 bits per heavy atom. The predicted octanol–water partition coefficient (Wildman–Crippen LogP) is 0.535. The summed E-state index contributed by atoms with van der Waals surface area (Å²) < 4.78 is 0. The second-order valence-corrected chi connectivity index (χ2v) is 6.15. The molecule has 3 heterocycles. The second kappa shape index (κ2) is 3.45. The van der Waals surface area contributed by atoms with Crippen LogP contribution in [0.2, 0.25) is 0 Å². The van der Waals surface area contributed by atoms with Gasteiger partial charge in [-0.3, -0.25) is 15.0 Å². The molecule has 1 spiro atoms. The van der Waals surface area contributed by atoms with Crippen LogP contribution in [-0.4, -0.2) is 53.1 Å². The van der Waals surface area contributed by atoms with Crippen LogP contribution in [0.15, 0.2) is 0 Å². The molecule has 17 heavy (non-hydrogen) atoms. The molecule has 1 aliphatic carbocycles. The molecule has 0 aromatic carbocycles. The van der Waals surface area contributed by atoms with Gasteiger partial charge in [-0.15, -0.1) is 0 Å². The van der Waals surface area contributed by atoms with E-state index < -0.39 is 0 Å². The molecule has 4 rings (SSSR count). The normalized spacial score (nSPS) is 40.0. The molecule has 2 unspecified atom stereocenters. The summed E-state index contributed by atoms with van der Waals surface area (Å²) in [5.74, 6) is 0.398. The van der Waals surface area contributed by atoms with Gasteiger partial charge in [0.1, 0.15) is 0 Å². The molecule has 0 bridgehead atoms. The van der Waals surface area contributed by atoms with E-state index in [9.17, 15) is 4.79 Å². The van der Waals surface area contributed by atoms with E-state index in [-0.39, 0.29) is 5.54 Å². The first-order chi connectivity index (χ1) is 8.30. The fraction of sp³-hybridized carbons (Fsp3) is 0.923. The van der Waals surface area contributed by atoms with Crippen molar-refractivity contribution in [2.75, 3.05) is 19.8 Å². The molecule has 2 atom stereocenters. The van der Waals surface area contributed by atoms with Crippen LogP contribution < -0.4 is 5.32 Å². The minimum absolute atomic E-state index is 0.109. The summed E-state index contributed by atoms with van der Waals surface area (Å²) in [6.07, 6.45) is 7.29. The molecular formula is C13H21N3O. The Bertz CT molecular complexity index is 353. The third kappa shape index (κ3) is 1.40. The Morgan fingerprint density at radius 1 is 1.12 bits per heavy atom. The van der Waals surface area contributed by atoms with E-state index in [0.29, 0.717) is 18.0 Å². The molecule has 1 amide bonds. The number of hydrogen-bond donors (Lipinski definition) is 1. The standard InChI is InChI=1S/C13H21N3O/c17-12-13(5-6-13)14-9-16(12)11-4-8-15-7-2-1-3-10(11)15/h10-11,14H,1-9H2. The zero-order valence-corrected chi connectivity index (χ0v) is 10.3. The number of carbonyl (C=O) groups is 1. The Labute approximate surface area is 102 Å². The van der Waals surface area contributed by atoms with E-state index in [1.807, 2.05) is 0 Å². The van der Waals surface area contributed by atoms with Gasteiger partial charge in [0.15, 0.2) is 0 Å². The van der Waals surface area contributed by atoms with Crippen LogP contribution in [0.25, 0.3) is 0 Å². The first-order valence-corrected chi connectivity index (χ1v) is 7.10. The van der Waals surface area contributed by atoms with E-state index in [4.69, 9.17) is 0 Å². The summed E-state index contributed by atoms with van der Waals surface area (Å²) >= 11 is 0. The Hall–Kier alpha value is -0.610. The van der Waals surface area contributed by atoms with Crippen LogP contribution >= 0.6 is 0 Å². The van der Waals surface area contributed by atoms with E-state index in [0.717, 1.165) is 19.5 Å². The fourth-order valence-corrected chi connectivity index (χ4v) is 4.03. The molecule has 4 nitrogen and oxygen atoms in total. The Morgan fingerprint density at radius 3 is 2.76 bits per heavy atom. The molecule has 1 N–H and O–H groups in total. The maximum Gasteiger partial charge on any atom is 0.244 e. The maximum absolute atomic E-state index is 12.4. The molecule has 4 aliphatic rings. The maximum atomic E-state index is 12.4. The molecule has 0 aromatic heterocycles. The van der Waals surface area contributed by atoms with Gasteiger partial charge in [-0.2, -0.15) is 0 Å². The number of amides is 1. The number of carbonyl (C=O) groups excluding carboxylic acids is 1. The van der Waals surface area contributed by atoms with Crippen LogP contribution in [-0.2, 0) is 4.79 Å². The van der Waals surface area contributed by atoms with Gasteiger partial charge in [0.2, 0.25) is 5.91 Å². The molecule has 1 saturated carbocycles. The SMILES string of the molecule is O=C1N(C2CCN3CCCCC23)CNC12CC2. The largest absolute Gasteiger partial charge is 0.324 e. The number of rotatable bonds is 1.